The van der Waals surface area contributed by atoms with E-state index in [-0.39, 0.29) is 23.4 Å². The van der Waals surface area contributed by atoms with E-state index in [0.29, 0.717) is 42.9 Å². The van der Waals surface area contributed by atoms with Gasteiger partial charge in [0.15, 0.2) is 12.1 Å². The van der Waals surface area contributed by atoms with Crippen molar-refractivity contribution in [3.8, 4) is 0 Å². The van der Waals surface area contributed by atoms with Gasteiger partial charge in [0, 0.05) is 63.5 Å². The Labute approximate surface area is 234 Å². The first-order valence-electron chi connectivity index (χ1n) is 13.9. The number of benzene rings is 2. The van der Waals surface area contributed by atoms with Gasteiger partial charge in [-0.3, -0.25) is 14.4 Å². The van der Waals surface area contributed by atoms with Gasteiger partial charge in [-0.25, -0.2) is 4.98 Å². The highest BCUT2D eigenvalue weighted by atomic mass is 16.3. The minimum Gasteiger partial charge on any atom is -0.448 e. The number of oxazole rings is 1. The van der Waals surface area contributed by atoms with Gasteiger partial charge in [-0.05, 0) is 56.5 Å². The Hall–Kier alpha value is -4.34. The first-order chi connectivity index (χ1) is 19.4. The van der Waals surface area contributed by atoms with Crippen LogP contribution in [0.25, 0.3) is 0 Å². The molecule has 2 saturated heterocycles. The molecule has 5 rings (SSSR count). The Balaban J connectivity index is 1.29. The number of carbonyl (C=O) groups excluding carboxylic acids is 3. The molecular weight excluding hydrogens is 508 g/mol. The van der Waals surface area contributed by atoms with E-state index in [0.717, 1.165) is 44.8 Å². The number of carbonyl (C=O) groups is 3. The van der Waals surface area contributed by atoms with Crippen molar-refractivity contribution in [2.75, 3.05) is 60.9 Å². The molecule has 2 aromatic carbocycles. The second-order valence-corrected chi connectivity index (χ2v) is 10.3. The Morgan fingerprint density at radius 1 is 0.950 bits per heavy atom. The predicted octanol–water partition coefficient (Wildman–Crippen LogP) is 3.61. The van der Waals surface area contributed by atoms with Crippen LogP contribution < -0.4 is 20.4 Å². The second-order valence-electron chi connectivity index (χ2n) is 10.3. The van der Waals surface area contributed by atoms with Crippen LogP contribution in [0.2, 0.25) is 0 Å². The zero-order chi connectivity index (χ0) is 28.1. The average molecular weight is 545 g/mol. The van der Waals surface area contributed by atoms with E-state index in [1.54, 1.807) is 19.1 Å². The molecule has 2 N–H and O–H groups in total. The molecule has 0 aliphatic carbocycles. The van der Waals surface area contributed by atoms with E-state index in [9.17, 15) is 14.4 Å². The van der Waals surface area contributed by atoms with Crippen LogP contribution in [-0.2, 0) is 4.79 Å². The zero-order valence-electron chi connectivity index (χ0n) is 23.1. The van der Waals surface area contributed by atoms with E-state index in [2.05, 4.69) is 50.5 Å². The van der Waals surface area contributed by atoms with Crippen LogP contribution in [0.15, 0.2) is 53.3 Å². The molecule has 0 bridgehead atoms. The van der Waals surface area contributed by atoms with Gasteiger partial charge >= 0.3 is 0 Å². The van der Waals surface area contributed by atoms with Crippen molar-refractivity contribution in [1.29, 1.82) is 0 Å². The molecule has 0 spiro atoms. The lowest BCUT2D eigenvalue weighted by Gasteiger charge is -2.38. The minimum atomic E-state index is -0.390. The lowest BCUT2D eigenvalue weighted by atomic mass is 10.1. The van der Waals surface area contributed by atoms with Gasteiger partial charge in [-0.15, -0.1) is 0 Å². The molecule has 0 atom stereocenters. The maximum absolute atomic E-state index is 13.1. The summed E-state index contributed by atoms with van der Waals surface area (Å²) in [6.45, 7) is 8.91. The number of amides is 3. The van der Waals surface area contributed by atoms with Crippen molar-refractivity contribution in [2.45, 2.75) is 33.1 Å². The van der Waals surface area contributed by atoms with Crippen LogP contribution in [0.1, 0.15) is 51.4 Å². The van der Waals surface area contributed by atoms with E-state index in [1.807, 2.05) is 17.0 Å². The molecule has 210 valence electrons. The Bertz CT molecular complexity index is 1380. The predicted molar refractivity (Wildman–Crippen MR) is 154 cm³/mol. The van der Waals surface area contributed by atoms with E-state index in [4.69, 9.17) is 4.42 Å². The Morgan fingerprint density at radius 3 is 2.38 bits per heavy atom. The summed E-state index contributed by atoms with van der Waals surface area (Å²) in [5.74, 6) is -0.00340. The van der Waals surface area contributed by atoms with Crippen LogP contribution in [-0.4, -0.2) is 73.4 Å². The number of hydrogen-bond acceptors (Lipinski definition) is 7. The van der Waals surface area contributed by atoms with Crippen LogP contribution in [0.3, 0.4) is 0 Å². The summed E-state index contributed by atoms with van der Waals surface area (Å²) in [7, 11) is 0. The molecule has 0 unspecified atom stereocenters. The standard InChI is InChI=1S/C30H36N6O4/c1-21-7-3-4-8-25(21)34-15-17-35(18-16-34)26-11-10-23(19-24(26)33-30(39)28-22(2)40-20-32-28)29(38)31-12-6-14-36-13-5-9-27(36)37/h3-4,7-8,10-11,19-20H,5-6,9,12-18H2,1-2H3,(H,31,38)(H,33,39). The van der Waals surface area contributed by atoms with Gasteiger partial charge < -0.3 is 29.8 Å². The Morgan fingerprint density at radius 2 is 1.70 bits per heavy atom. The normalized spacial score (nSPS) is 15.4. The highest BCUT2D eigenvalue weighted by Gasteiger charge is 2.24. The summed E-state index contributed by atoms with van der Waals surface area (Å²) < 4.78 is 5.22. The molecule has 2 fully saturated rings. The van der Waals surface area contributed by atoms with Crippen LogP contribution in [0.4, 0.5) is 17.1 Å². The van der Waals surface area contributed by atoms with Crippen molar-refractivity contribution in [3.05, 3.63) is 71.4 Å². The number of aromatic nitrogens is 1. The minimum absolute atomic E-state index is 0.185. The fourth-order valence-electron chi connectivity index (χ4n) is 5.38. The first kappa shape index (κ1) is 27.2. The molecule has 40 heavy (non-hydrogen) atoms. The van der Waals surface area contributed by atoms with Gasteiger partial charge in [0.05, 0.1) is 11.4 Å². The number of nitrogens with one attached hydrogen (secondary N) is 2. The summed E-state index contributed by atoms with van der Waals surface area (Å²) in [5, 5.41) is 5.91. The first-order valence-corrected chi connectivity index (χ1v) is 13.9. The summed E-state index contributed by atoms with van der Waals surface area (Å²) in [5.41, 5.74) is 4.54. The summed E-state index contributed by atoms with van der Waals surface area (Å²) in [4.78, 5) is 48.4. The van der Waals surface area contributed by atoms with Gasteiger partial charge in [-0.2, -0.15) is 0 Å². The quantitative estimate of drug-likeness (QED) is 0.396. The molecule has 2 aliphatic heterocycles. The van der Waals surface area contributed by atoms with E-state index in [1.165, 1.54) is 17.6 Å². The third-order valence-electron chi connectivity index (χ3n) is 7.61. The summed E-state index contributed by atoms with van der Waals surface area (Å²) in [6, 6.07) is 13.8. The number of hydrogen-bond donors (Lipinski definition) is 2. The maximum Gasteiger partial charge on any atom is 0.277 e. The number of rotatable bonds is 9. The maximum atomic E-state index is 13.1. The molecule has 3 aromatic rings. The Kier molecular flexibility index (Phi) is 8.33. The molecule has 3 amide bonds. The van der Waals surface area contributed by atoms with Gasteiger partial charge in [0.1, 0.15) is 5.76 Å². The smallest absolute Gasteiger partial charge is 0.277 e. The third kappa shape index (κ3) is 6.11. The van der Waals surface area contributed by atoms with Crippen molar-refractivity contribution in [1.82, 2.24) is 15.2 Å². The van der Waals surface area contributed by atoms with Crippen LogP contribution in [0, 0.1) is 13.8 Å². The molecule has 0 radical (unpaired) electrons. The topological polar surface area (TPSA) is 111 Å². The SMILES string of the molecule is Cc1ccccc1N1CCN(c2ccc(C(=O)NCCCN3CCCC3=O)cc2NC(=O)c2ncoc2C)CC1. The summed E-state index contributed by atoms with van der Waals surface area (Å²) in [6.07, 6.45) is 3.45. The van der Waals surface area contributed by atoms with Crippen LogP contribution in [0.5, 0.6) is 0 Å². The molecule has 1 aromatic heterocycles. The number of aryl methyl sites for hydroxylation is 2. The van der Waals surface area contributed by atoms with Crippen LogP contribution >= 0.6 is 0 Å². The number of para-hydroxylation sites is 1. The van der Waals surface area contributed by atoms with Crippen molar-refractivity contribution in [2.24, 2.45) is 0 Å². The molecule has 10 heteroatoms. The largest absolute Gasteiger partial charge is 0.448 e. The average Bonchev–Trinajstić information content (AvgIpc) is 3.58. The summed E-state index contributed by atoms with van der Waals surface area (Å²) >= 11 is 0. The fraction of sp³-hybridized carbons (Fsp3) is 0.400. The second kappa shape index (κ2) is 12.2. The highest BCUT2D eigenvalue weighted by Crippen LogP contribution is 2.30. The molecule has 0 saturated carbocycles. The monoisotopic (exact) mass is 544 g/mol. The van der Waals surface area contributed by atoms with Gasteiger partial charge in [0.2, 0.25) is 5.91 Å². The number of likely N-dealkylation sites (tertiary alicyclic amines) is 1. The highest BCUT2D eigenvalue weighted by molar-refractivity contribution is 6.06. The number of piperazine rings is 1. The van der Waals surface area contributed by atoms with Crippen molar-refractivity contribution in [3.63, 3.8) is 0 Å². The van der Waals surface area contributed by atoms with E-state index >= 15 is 0 Å². The lowest BCUT2D eigenvalue weighted by Crippen LogP contribution is -2.47. The molecular formula is C30H36N6O4. The van der Waals surface area contributed by atoms with Gasteiger partial charge in [0.25, 0.3) is 11.8 Å². The van der Waals surface area contributed by atoms with Gasteiger partial charge in [-0.1, -0.05) is 18.2 Å². The fourth-order valence-corrected chi connectivity index (χ4v) is 5.38. The molecule has 10 nitrogen and oxygen atoms in total. The van der Waals surface area contributed by atoms with Crippen molar-refractivity contribution >= 4 is 34.8 Å². The van der Waals surface area contributed by atoms with E-state index < -0.39 is 0 Å². The van der Waals surface area contributed by atoms with Crippen molar-refractivity contribution < 1.29 is 18.8 Å². The third-order valence-corrected chi connectivity index (χ3v) is 7.61. The molecule has 2 aliphatic rings. The molecule has 3 heterocycles. The number of anilines is 3. The number of nitrogens with zero attached hydrogens (tertiary/aromatic N) is 4. The zero-order valence-corrected chi connectivity index (χ0v) is 23.1. The lowest BCUT2D eigenvalue weighted by molar-refractivity contribution is -0.127.